The number of likely N-dealkylation sites (tertiary alicyclic amines) is 1. The van der Waals surface area contributed by atoms with Crippen LogP contribution in [0, 0.1) is 6.92 Å². The minimum Gasteiger partial charge on any atom is -0.495 e. The monoisotopic (exact) mass is 559 g/mol. The first-order valence-electron chi connectivity index (χ1n) is 13.3. The van der Waals surface area contributed by atoms with Crippen molar-refractivity contribution >= 4 is 33.7 Å². The fraction of sp³-hybridized carbons (Fsp3) is 0.321. The van der Waals surface area contributed by atoms with Crippen molar-refractivity contribution in [3.8, 4) is 17.4 Å². The molecule has 0 aliphatic carbocycles. The highest BCUT2D eigenvalue weighted by Gasteiger charge is 2.48. The quantitative estimate of drug-likeness (QED) is 0.293. The lowest BCUT2D eigenvalue weighted by Crippen LogP contribution is -2.62. The Bertz CT molecular complexity index is 1750. The number of halogens is 2. The van der Waals surface area contributed by atoms with Gasteiger partial charge in [0.15, 0.2) is 5.65 Å². The summed E-state index contributed by atoms with van der Waals surface area (Å²) >= 11 is 0. The Labute approximate surface area is 233 Å². The van der Waals surface area contributed by atoms with Gasteiger partial charge in [-0.15, -0.1) is 0 Å². The van der Waals surface area contributed by atoms with Crippen LogP contribution in [0.4, 0.5) is 26.0 Å². The van der Waals surface area contributed by atoms with Crippen LogP contribution in [0.5, 0.6) is 17.4 Å². The van der Waals surface area contributed by atoms with Crippen molar-refractivity contribution < 1.29 is 18.3 Å². The van der Waals surface area contributed by atoms with Crippen LogP contribution in [0.25, 0.3) is 16.6 Å². The largest absolute Gasteiger partial charge is 0.495 e. The van der Waals surface area contributed by atoms with E-state index in [1.165, 1.54) is 12.7 Å². The fourth-order valence-corrected chi connectivity index (χ4v) is 5.88. The number of hydrogen-bond acceptors (Lipinski definition) is 10. The highest BCUT2D eigenvalue weighted by atomic mass is 19.3. The molecule has 13 heteroatoms. The predicted molar refractivity (Wildman–Crippen MR) is 149 cm³/mol. The van der Waals surface area contributed by atoms with E-state index in [1.54, 1.807) is 24.0 Å². The second-order valence-electron chi connectivity index (χ2n) is 10.2. The lowest BCUT2D eigenvalue weighted by molar-refractivity contribution is 0.0727. The van der Waals surface area contributed by atoms with Gasteiger partial charge in [-0.3, -0.25) is 4.90 Å². The Morgan fingerprint density at radius 3 is 2.73 bits per heavy atom. The zero-order valence-corrected chi connectivity index (χ0v) is 22.4. The number of nitrogens with zero attached hydrogens (tertiary/aromatic N) is 8. The molecule has 41 heavy (non-hydrogen) atoms. The third-order valence-electron chi connectivity index (χ3n) is 7.83. The average Bonchev–Trinajstić information content (AvgIpc) is 3.53. The zero-order chi connectivity index (χ0) is 28.1. The van der Waals surface area contributed by atoms with E-state index in [-0.39, 0.29) is 18.6 Å². The minimum absolute atomic E-state index is 0.0974. The predicted octanol–water partition coefficient (Wildman–Crippen LogP) is 4.45. The minimum atomic E-state index is -2.34. The van der Waals surface area contributed by atoms with Crippen LogP contribution in [0.3, 0.4) is 0 Å². The van der Waals surface area contributed by atoms with Gasteiger partial charge in [0, 0.05) is 36.9 Å². The summed E-state index contributed by atoms with van der Waals surface area (Å²) in [5.41, 5.74) is 3.98. The van der Waals surface area contributed by atoms with Gasteiger partial charge in [0.05, 0.1) is 30.2 Å². The number of aromatic nitrogens is 6. The molecule has 2 aliphatic heterocycles. The van der Waals surface area contributed by atoms with Crippen LogP contribution in [-0.4, -0.2) is 79.7 Å². The fourth-order valence-electron chi connectivity index (χ4n) is 5.88. The van der Waals surface area contributed by atoms with Gasteiger partial charge in [-0.25, -0.2) is 33.2 Å². The van der Waals surface area contributed by atoms with Crippen molar-refractivity contribution in [3.63, 3.8) is 0 Å². The summed E-state index contributed by atoms with van der Waals surface area (Å²) < 4.78 is 39.6. The molecule has 0 radical (unpaired) electrons. The van der Waals surface area contributed by atoms with Crippen LogP contribution in [0.15, 0.2) is 55.4 Å². The molecule has 0 spiro atoms. The van der Waals surface area contributed by atoms with Crippen LogP contribution in [0.2, 0.25) is 0 Å². The van der Waals surface area contributed by atoms with Gasteiger partial charge < -0.3 is 19.7 Å². The van der Waals surface area contributed by atoms with Gasteiger partial charge in [-0.1, -0.05) is 0 Å². The smallest absolute Gasteiger partial charge is 0.251 e. The van der Waals surface area contributed by atoms with Crippen molar-refractivity contribution in [1.29, 1.82) is 0 Å². The van der Waals surface area contributed by atoms with Crippen molar-refractivity contribution in [2.45, 2.75) is 31.9 Å². The molecule has 2 aliphatic rings. The molecule has 7 rings (SSSR count). The van der Waals surface area contributed by atoms with Gasteiger partial charge in [0.2, 0.25) is 5.88 Å². The molecule has 2 fully saturated rings. The summed E-state index contributed by atoms with van der Waals surface area (Å²) in [5, 5.41) is 8.33. The van der Waals surface area contributed by atoms with E-state index in [1.807, 2.05) is 42.2 Å². The zero-order valence-electron chi connectivity index (χ0n) is 22.4. The third kappa shape index (κ3) is 4.51. The molecule has 210 valence electrons. The number of ether oxygens (including phenoxy) is 2. The van der Waals surface area contributed by atoms with E-state index in [9.17, 15) is 8.78 Å². The number of nitrogens with one attached hydrogen (secondary N) is 1. The highest BCUT2D eigenvalue weighted by Crippen LogP contribution is 2.46. The number of hydrogen-bond donors (Lipinski definition) is 1. The van der Waals surface area contributed by atoms with E-state index in [4.69, 9.17) is 9.47 Å². The number of benzene rings is 2. The Hall–Kier alpha value is -4.65. The second kappa shape index (κ2) is 10.1. The summed E-state index contributed by atoms with van der Waals surface area (Å²) in [6.45, 7) is 3.05. The molecule has 5 heterocycles. The maximum Gasteiger partial charge on any atom is 0.251 e. The van der Waals surface area contributed by atoms with Crippen molar-refractivity contribution in [1.82, 2.24) is 34.4 Å². The topological polar surface area (TPSA) is 106 Å². The molecule has 2 atom stereocenters. The maximum atomic E-state index is 13.1. The van der Waals surface area contributed by atoms with Crippen molar-refractivity contribution in [3.05, 3.63) is 60.9 Å². The lowest BCUT2D eigenvalue weighted by Gasteiger charge is -2.49. The molecule has 2 aromatic carbocycles. The first-order chi connectivity index (χ1) is 20.0. The molecule has 5 aromatic rings. The lowest BCUT2D eigenvalue weighted by atomic mass is 9.94. The Morgan fingerprint density at radius 2 is 1.90 bits per heavy atom. The van der Waals surface area contributed by atoms with Crippen LogP contribution >= 0.6 is 0 Å². The van der Waals surface area contributed by atoms with Crippen LogP contribution < -0.4 is 19.7 Å². The molecule has 1 N–H and O–H groups in total. The highest BCUT2D eigenvalue weighted by molar-refractivity contribution is 6.04. The van der Waals surface area contributed by atoms with Gasteiger partial charge in [-0.05, 0) is 49.2 Å². The number of rotatable bonds is 8. The average molecular weight is 560 g/mol. The molecule has 3 aromatic heterocycles. The molecular weight excluding hydrogens is 532 g/mol. The van der Waals surface area contributed by atoms with Crippen molar-refractivity contribution in [2.24, 2.45) is 0 Å². The van der Waals surface area contributed by atoms with E-state index >= 15 is 0 Å². The molecule has 11 nitrogen and oxygen atoms in total. The summed E-state index contributed by atoms with van der Waals surface area (Å²) in [5.74, 6) is 2.39. The van der Waals surface area contributed by atoms with Gasteiger partial charge in [0.1, 0.15) is 36.3 Å². The number of anilines is 3. The van der Waals surface area contributed by atoms with Gasteiger partial charge >= 0.3 is 0 Å². The third-order valence-corrected chi connectivity index (χ3v) is 7.83. The number of fused-ring (bicyclic) bond motifs is 3. The Morgan fingerprint density at radius 1 is 1.02 bits per heavy atom. The SMILES string of the molecule is COc1ccc2ncnc(Nc3ccc(Oc4cc5ncnn5cn4)c(C)c3)c2c1N1CC2C1CCN2CC(F)F. The summed E-state index contributed by atoms with van der Waals surface area (Å²) in [6, 6.07) is 11.5. The van der Waals surface area contributed by atoms with Crippen molar-refractivity contribution in [2.75, 3.05) is 37.0 Å². The summed E-state index contributed by atoms with van der Waals surface area (Å²) in [7, 11) is 1.63. The van der Waals surface area contributed by atoms with E-state index in [0.717, 1.165) is 34.3 Å². The maximum absolute atomic E-state index is 13.1. The molecule has 2 unspecified atom stereocenters. The molecule has 0 amide bonds. The second-order valence-corrected chi connectivity index (χ2v) is 10.2. The van der Waals surface area contributed by atoms with Gasteiger partial charge in [0.25, 0.3) is 6.43 Å². The molecule has 0 bridgehead atoms. The number of methoxy groups -OCH3 is 1. The summed E-state index contributed by atoms with van der Waals surface area (Å²) in [6.07, 6.45) is 3.01. The number of alkyl halides is 2. The van der Waals surface area contributed by atoms with E-state index in [0.29, 0.717) is 41.9 Å². The molecule has 0 saturated carbocycles. The van der Waals surface area contributed by atoms with Gasteiger partial charge in [-0.2, -0.15) is 5.10 Å². The molecular formula is C28H27F2N9O2. The summed E-state index contributed by atoms with van der Waals surface area (Å²) in [4.78, 5) is 21.7. The number of aryl methyl sites for hydroxylation is 1. The van der Waals surface area contributed by atoms with Crippen LogP contribution in [0.1, 0.15) is 12.0 Å². The van der Waals surface area contributed by atoms with E-state index < -0.39 is 6.43 Å². The first-order valence-corrected chi connectivity index (χ1v) is 13.3. The van der Waals surface area contributed by atoms with Crippen LogP contribution in [-0.2, 0) is 0 Å². The Kier molecular flexibility index (Phi) is 6.22. The first kappa shape index (κ1) is 25.3. The standard InChI is InChI=1S/C28H27F2N9O2/c1-16-9-17(3-5-21(16)41-25-10-24-32-14-35-39(24)15-34-25)36-28-26-18(31-13-33-28)4-6-22(40-2)27(26)38-11-20-19(38)7-8-37(20)12-23(29)30/h3-6,9-10,13-15,19-20,23H,7-8,11-12H2,1-2H3,(H,31,33,36). The van der Waals surface area contributed by atoms with E-state index in [2.05, 4.69) is 35.3 Å². The molecule has 2 saturated heterocycles. The normalized spacial score (nSPS) is 18.6. The Balaban J connectivity index is 1.18.